The van der Waals surface area contributed by atoms with Crippen LogP contribution in [0.3, 0.4) is 0 Å². The van der Waals surface area contributed by atoms with E-state index in [0.717, 1.165) is 12.6 Å². The molecule has 2 nitrogen and oxygen atoms in total. The number of fused-ring (bicyclic) bond motifs is 1. The third-order valence-electron chi connectivity index (χ3n) is 5.59. The van der Waals surface area contributed by atoms with Crippen molar-refractivity contribution in [3.05, 3.63) is 48.0 Å². The van der Waals surface area contributed by atoms with Crippen molar-refractivity contribution in [1.29, 1.82) is 0 Å². The Morgan fingerprint density at radius 3 is 2.19 bits per heavy atom. The lowest BCUT2D eigenvalue weighted by Crippen LogP contribution is -2.55. The van der Waals surface area contributed by atoms with Crippen molar-refractivity contribution in [2.45, 2.75) is 72.5 Å². The zero-order valence-corrected chi connectivity index (χ0v) is 17.5. The van der Waals surface area contributed by atoms with Crippen molar-refractivity contribution >= 4 is 10.8 Å². The second-order valence-corrected chi connectivity index (χ2v) is 7.08. The number of rotatable bonds is 3. The maximum absolute atomic E-state index is 2.73. The van der Waals surface area contributed by atoms with Crippen LogP contribution in [0.2, 0.25) is 0 Å². The molecule has 0 radical (unpaired) electrons. The van der Waals surface area contributed by atoms with Gasteiger partial charge in [-0.2, -0.15) is 0 Å². The Hall–Kier alpha value is -1.38. The number of hydrogen-bond donors (Lipinski definition) is 0. The van der Waals surface area contributed by atoms with Crippen molar-refractivity contribution in [3.8, 4) is 0 Å². The van der Waals surface area contributed by atoms with Crippen LogP contribution < -0.4 is 0 Å². The molecule has 2 aromatic carbocycles. The highest BCUT2D eigenvalue weighted by molar-refractivity contribution is 5.82. The van der Waals surface area contributed by atoms with Gasteiger partial charge in [-0.15, -0.1) is 0 Å². The van der Waals surface area contributed by atoms with Gasteiger partial charge in [-0.25, -0.2) is 0 Å². The third kappa shape index (κ3) is 5.08. The van der Waals surface area contributed by atoms with Gasteiger partial charge in [0.25, 0.3) is 0 Å². The van der Waals surface area contributed by atoms with Gasteiger partial charge in [-0.05, 0) is 42.2 Å². The topological polar surface area (TPSA) is 6.48 Å². The fourth-order valence-corrected chi connectivity index (χ4v) is 3.91. The number of hydrogen-bond acceptors (Lipinski definition) is 2. The van der Waals surface area contributed by atoms with Gasteiger partial charge in [0.05, 0.1) is 0 Å². The SMILES string of the molecule is CC.CC.CC1CN(C2CCC2)CCN1Cc1ccc2ccccc2c1. The van der Waals surface area contributed by atoms with Crippen LogP contribution in [0.1, 0.15) is 59.4 Å². The van der Waals surface area contributed by atoms with Gasteiger partial charge in [0.15, 0.2) is 0 Å². The van der Waals surface area contributed by atoms with Crippen molar-refractivity contribution in [3.63, 3.8) is 0 Å². The molecular formula is C24H38N2. The van der Waals surface area contributed by atoms with Crippen LogP contribution in [0.4, 0.5) is 0 Å². The summed E-state index contributed by atoms with van der Waals surface area (Å²) in [6.07, 6.45) is 4.30. The molecule has 2 aliphatic rings. The highest BCUT2D eigenvalue weighted by atomic mass is 15.3. The van der Waals surface area contributed by atoms with Crippen molar-refractivity contribution in [1.82, 2.24) is 9.80 Å². The van der Waals surface area contributed by atoms with Crippen LogP contribution in [0.25, 0.3) is 10.8 Å². The van der Waals surface area contributed by atoms with Gasteiger partial charge in [-0.3, -0.25) is 9.80 Å². The highest BCUT2D eigenvalue weighted by Crippen LogP contribution is 2.27. The molecule has 0 amide bonds. The molecule has 1 unspecified atom stereocenters. The predicted molar refractivity (Wildman–Crippen MR) is 116 cm³/mol. The van der Waals surface area contributed by atoms with E-state index in [4.69, 9.17) is 0 Å². The number of benzene rings is 2. The third-order valence-corrected chi connectivity index (χ3v) is 5.59. The summed E-state index contributed by atoms with van der Waals surface area (Å²) in [4.78, 5) is 5.38. The molecule has 2 heteroatoms. The van der Waals surface area contributed by atoms with Crippen molar-refractivity contribution < 1.29 is 0 Å². The second kappa shape index (κ2) is 10.7. The minimum Gasteiger partial charge on any atom is -0.298 e. The number of nitrogens with zero attached hydrogens (tertiary/aromatic N) is 2. The summed E-state index contributed by atoms with van der Waals surface area (Å²) in [5, 5.41) is 2.70. The molecular weight excluding hydrogens is 316 g/mol. The van der Waals surface area contributed by atoms with E-state index >= 15 is 0 Å². The van der Waals surface area contributed by atoms with Gasteiger partial charge in [0.2, 0.25) is 0 Å². The molecule has 2 fully saturated rings. The average Bonchev–Trinajstić information content (AvgIpc) is 2.66. The van der Waals surface area contributed by atoms with E-state index in [-0.39, 0.29) is 0 Å². The lowest BCUT2D eigenvalue weighted by Gasteiger charge is -2.46. The molecule has 0 N–H and O–H groups in total. The first kappa shape index (κ1) is 20.9. The van der Waals surface area contributed by atoms with Gasteiger partial charge in [0.1, 0.15) is 0 Å². The van der Waals surface area contributed by atoms with E-state index in [0.29, 0.717) is 6.04 Å². The average molecular weight is 355 g/mol. The van der Waals surface area contributed by atoms with Crippen LogP contribution in [-0.2, 0) is 6.54 Å². The van der Waals surface area contributed by atoms with Crippen LogP contribution in [0, 0.1) is 0 Å². The monoisotopic (exact) mass is 354 g/mol. The Labute approximate surface area is 161 Å². The zero-order chi connectivity index (χ0) is 18.9. The first-order valence-electron chi connectivity index (χ1n) is 10.8. The summed E-state index contributed by atoms with van der Waals surface area (Å²) in [5.41, 5.74) is 1.45. The Bertz CT molecular complexity index is 647. The molecule has 1 atom stereocenters. The maximum atomic E-state index is 2.73. The van der Waals surface area contributed by atoms with Crippen LogP contribution >= 0.6 is 0 Å². The lowest BCUT2D eigenvalue weighted by atomic mass is 9.90. The van der Waals surface area contributed by atoms with Crippen molar-refractivity contribution in [2.75, 3.05) is 19.6 Å². The molecule has 1 saturated carbocycles. The van der Waals surface area contributed by atoms with E-state index in [2.05, 4.69) is 59.2 Å². The van der Waals surface area contributed by atoms with E-state index in [1.54, 1.807) is 0 Å². The maximum Gasteiger partial charge on any atom is 0.0237 e. The first-order valence-corrected chi connectivity index (χ1v) is 10.8. The fourth-order valence-electron chi connectivity index (χ4n) is 3.91. The standard InChI is InChI=1S/C20H26N2.2C2H6/c1-16-14-22(20-7-4-8-20)12-11-21(16)15-17-9-10-18-5-2-3-6-19(18)13-17;2*1-2/h2-3,5-6,9-10,13,16,20H,4,7-8,11-12,14-15H2,1H3;2*1-2H3. The molecule has 144 valence electrons. The summed E-state index contributed by atoms with van der Waals surface area (Å²) < 4.78 is 0. The fraction of sp³-hybridized carbons (Fsp3) is 0.583. The first-order chi connectivity index (χ1) is 12.8. The molecule has 1 aliphatic carbocycles. The molecule has 1 aliphatic heterocycles. The zero-order valence-electron chi connectivity index (χ0n) is 17.5. The van der Waals surface area contributed by atoms with Gasteiger partial charge >= 0.3 is 0 Å². The molecule has 0 spiro atoms. The molecule has 26 heavy (non-hydrogen) atoms. The van der Waals surface area contributed by atoms with Gasteiger partial charge in [-0.1, -0.05) is 70.5 Å². The van der Waals surface area contributed by atoms with E-state index in [1.165, 1.54) is 55.2 Å². The Balaban J connectivity index is 0.000000570. The van der Waals surface area contributed by atoms with Crippen LogP contribution in [-0.4, -0.2) is 41.5 Å². The summed E-state index contributed by atoms with van der Waals surface area (Å²) in [7, 11) is 0. The van der Waals surface area contributed by atoms with Gasteiger partial charge in [0, 0.05) is 38.3 Å². The van der Waals surface area contributed by atoms with Crippen LogP contribution in [0.5, 0.6) is 0 Å². The smallest absolute Gasteiger partial charge is 0.0237 e. The largest absolute Gasteiger partial charge is 0.298 e. The highest BCUT2D eigenvalue weighted by Gasteiger charge is 2.31. The minimum absolute atomic E-state index is 0.667. The summed E-state index contributed by atoms with van der Waals surface area (Å²) in [6, 6.07) is 17.1. The normalized spacial score (nSPS) is 21.2. The Kier molecular flexibility index (Phi) is 8.61. The van der Waals surface area contributed by atoms with Gasteiger partial charge < -0.3 is 0 Å². The molecule has 4 rings (SSSR count). The molecule has 2 aromatic rings. The van der Waals surface area contributed by atoms with Crippen LogP contribution in [0.15, 0.2) is 42.5 Å². The minimum atomic E-state index is 0.667. The van der Waals surface area contributed by atoms with Crippen molar-refractivity contribution in [2.24, 2.45) is 0 Å². The van der Waals surface area contributed by atoms with E-state index in [1.807, 2.05) is 27.7 Å². The molecule has 1 saturated heterocycles. The summed E-state index contributed by atoms with van der Waals surface area (Å²) >= 11 is 0. The number of piperazine rings is 1. The Morgan fingerprint density at radius 1 is 0.885 bits per heavy atom. The summed E-state index contributed by atoms with van der Waals surface area (Å²) in [5.74, 6) is 0. The molecule has 1 heterocycles. The molecule has 0 bridgehead atoms. The van der Waals surface area contributed by atoms with E-state index in [9.17, 15) is 0 Å². The molecule has 0 aromatic heterocycles. The lowest BCUT2D eigenvalue weighted by molar-refractivity contribution is 0.0261. The predicted octanol–water partition coefficient (Wildman–Crippen LogP) is 5.95. The second-order valence-electron chi connectivity index (χ2n) is 7.08. The van der Waals surface area contributed by atoms with E-state index < -0.39 is 0 Å². The summed E-state index contributed by atoms with van der Waals surface area (Å²) in [6.45, 7) is 15.2. The quantitative estimate of drug-likeness (QED) is 0.672. The Morgan fingerprint density at radius 2 is 1.58 bits per heavy atom.